The predicted molar refractivity (Wildman–Crippen MR) is 110 cm³/mol. The van der Waals surface area contributed by atoms with Crippen LogP contribution in [0.25, 0.3) is 10.9 Å². The molecule has 7 heteroatoms. The van der Waals surface area contributed by atoms with Crippen LogP contribution in [0.5, 0.6) is 0 Å². The molecule has 7 nitrogen and oxygen atoms in total. The van der Waals surface area contributed by atoms with Gasteiger partial charge in [-0.15, -0.1) is 0 Å². The first kappa shape index (κ1) is 18.3. The third kappa shape index (κ3) is 3.95. The Labute approximate surface area is 163 Å². The Morgan fingerprint density at radius 3 is 2.61 bits per heavy atom. The zero-order valence-corrected chi connectivity index (χ0v) is 15.8. The van der Waals surface area contributed by atoms with Gasteiger partial charge in [-0.25, -0.2) is 4.98 Å². The lowest BCUT2D eigenvalue weighted by Gasteiger charge is -2.32. The number of rotatable bonds is 4. The Balaban J connectivity index is 1.46. The van der Waals surface area contributed by atoms with Gasteiger partial charge in [0.2, 0.25) is 0 Å². The number of aromatic nitrogens is 2. The van der Waals surface area contributed by atoms with Crippen molar-refractivity contribution in [2.45, 2.75) is 6.54 Å². The predicted octanol–water partition coefficient (Wildman–Crippen LogP) is 1.92. The number of carbonyl (C=O) groups excluding carboxylic acids is 1. The van der Waals surface area contributed by atoms with Gasteiger partial charge in [0.25, 0.3) is 11.5 Å². The number of hydrogen-bond donors (Lipinski definition) is 2. The minimum Gasteiger partial charge on any atom is -0.320 e. The summed E-state index contributed by atoms with van der Waals surface area (Å²) in [6.45, 7) is 5.19. The monoisotopic (exact) mass is 377 g/mol. The van der Waals surface area contributed by atoms with Crippen LogP contribution >= 0.6 is 0 Å². The molecule has 0 atom stereocenters. The van der Waals surface area contributed by atoms with Gasteiger partial charge in [-0.1, -0.05) is 18.2 Å². The molecule has 1 saturated heterocycles. The van der Waals surface area contributed by atoms with Gasteiger partial charge in [-0.2, -0.15) is 0 Å². The van der Waals surface area contributed by atoms with Crippen molar-refractivity contribution >= 4 is 22.5 Å². The smallest absolute Gasteiger partial charge is 0.258 e. The van der Waals surface area contributed by atoms with Crippen LogP contribution in [-0.4, -0.2) is 58.9 Å². The van der Waals surface area contributed by atoms with Gasteiger partial charge in [-0.3, -0.25) is 14.5 Å². The van der Waals surface area contributed by atoms with E-state index in [9.17, 15) is 9.59 Å². The molecule has 3 aromatic rings. The number of amides is 1. The van der Waals surface area contributed by atoms with Gasteiger partial charge in [-0.05, 0) is 36.9 Å². The van der Waals surface area contributed by atoms with E-state index in [0.717, 1.165) is 32.7 Å². The SMILES string of the molecule is CN1CCN(Cc2ccc(C(=O)Nc3cccc4c(=O)[nH]cnc34)cc2)CC1. The second kappa shape index (κ2) is 7.92. The lowest BCUT2D eigenvalue weighted by atomic mass is 10.1. The Morgan fingerprint density at radius 2 is 1.86 bits per heavy atom. The van der Waals surface area contributed by atoms with Crippen LogP contribution in [0.2, 0.25) is 0 Å². The fourth-order valence-electron chi connectivity index (χ4n) is 3.42. The third-order valence-electron chi connectivity index (χ3n) is 5.14. The van der Waals surface area contributed by atoms with Gasteiger partial charge in [0.15, 0.2) is 0 Å². The first-order chi connectivity index (χ1) is 13.6. The van der Waals surface area contributed by atoms with Crippen molar-refractivity contribution in [2.24, 2.45) is 0 Å². The van der Waals surface area contributed by atoms with Crippen molar-refractivity contribution in [3.8, 4) is 0 Å². The number of nitrogens with one attached hydrogen (secondary N) is 2. The summed E-state index contributed by atoms with van der Waals surface area (Å²) in [5.74, 6) is -0.222. The van der Waals surface area contributed by atoms with Crippen LogP contribution in [0.1, 0.15) is 15.9 Å². The second-order valence-corrected chi connectivity index (χ2v) is 7.16. The number of aromatic amines is 1. The van der Waals surface area contributed by atoms with Crippen LogP contribution < -0.4 is 10.9 Å². The summed E-state index contributed by atoms with van der Waals surface area (Å²) in [5, 5.41) is 3.31. The van der Waals surface area contributed by atoms with E-state index in [-0.39, 0.29) is 11.5 Å². The van der Waals surface area contributed by atoms with Gasteiger partial charge < -0.3 is 15.2 Å². The summed E-state index contributed by atoms with van der Waals surface area (Å²) in [7, 11) is 2.15. The number of likely N-dealkylation sites (N-methyl/N-ethyl adjacent to an activating group) is 1. The third-order valence-corrected chi connectivity index (χ3v) is 5.14. The molecule has 2 N–H and O–H groups in total. The van der Waals surface area contributed by atoms with Crippen molar-refractivity contribution in [1.82, 2.24) is 19.8 Å². The van der Waals surface area contributed by atoms with Crippen molar-refractivity contribution in [3.05, 3.63) is 70.3 Å². The minimum absolute atomic E-state index is 0.222. The molecule has 2 heterocycles. The lowest BCUT2D eigenvalue weighted by molar-refractivity contribution is 0.102. The highest BCUT2D eigenvalue weighted by Crippen LogP contribution is 2.19. The number of H-pyrrole nitrogens is 1. The average molecular weight is 377 g/mol. The Bertz CT molecular complexity index is 1040. The Morgan fingerprint density at radius 1 is 1.11 bits per heavy atom. The van der Waals surface area contributed by atoms with Gasteiger partial charge in [0, 0.05) is 38.3 Å². The molecule has 28 heavy (non-hydrogen) atoms. The van der Waals surface area contributed by atoms with Gasteiger partial charge >= 0.3 is 0 Å². The molecule has 0 spiro atoms. The molecule has 1 aliphatic rings. The first-order valence-electron chi connectivity index (χ1n) is 9.38. The molecule has 0 unspecified atom stereocenters. The number of anilines is 1. The zero-order chi connectivity index (χ0) is 19.5. The number of fused-ring (bicyclic) bond motifs is 1. The van der Waals surface area contributed by atoms with E-state index >= 15 is 0 Å². The number of para-hydroxylation sites is 1. The highest BCUT2D eigenvalue weighted by atomic mass is 16.1. The van der Waals surface area contributed by atoms with Gasteiger partial charge in [0.05, 0.1) is 17.4 Å². The summed E-state index contributed by atoms with van der Waals surface area (Å²) < 4.78 is 0. The fraction of sp³-hybridized carbons (Fsp3) is 0.286. The maximum absolute atomic E-state index is 12.6. The lowest BCUT2D eigenvalue weighted by Crippen LogP contribution is -2.43. The maximum atomic E-state index is 12.6. The number of hydrogen-bond acceptors (Lipinski definition) is 5. The summed E-state index contributed by atoms with van der Waals surface area (Å²) >= 11 is 0. The van der Waals surface area contributed by atoms with E-state index in [1.165, 1.54) is 11.9 Å². The Hall–Kier alpha value is -3.03. The van der Waals surface area contributed by atoms with Crippen LogP contribution in [-0.2, 0) is 6.54 Å². The van der Waals surface area contributed by atoms with Crippen LogP contribution in [0.15, 0.2) is 53.6 Å². The summed E-state index contributed by atoms with van der Waals surface area (Å²) in [5.41, 5.74) is 2.54. The second-order valence-electron chi connectivity index (χ2n) is 7.16. The largest absolute Gasteiger partial charge is 0.320 e. The van der Waals surface area contributed by atoms with Crippen LogP contribution in [0.3, 0.4) is 0 Å². The van der Waals surface area contributed by atoms with Crippen molar-refractivity contribution in [1.29, 1.82) is 0 Å². The molecule has 144 valence electrons. The van der Waals surface area contributed by atoms with E-state index in [0.29, 0.717) is 22.2 Å². The van der Waals surface area contributed by atoms with E-state index in [1.807, 2.05) is 24.3 Å². The molecule has 1 fully saturated rings. The molecule has 0 aliphatic carbocycles. The van der Waals surface area contributed by atoms with E-state index in [1.54, 1.807) is 18.2 Å². The average Bonchev–Trinajstić information content (AvgIpc) is 2.71. The highest BCUT2D eigenvalue weighted by Gasteiger charge is 2.14. The summed E-state index contributed by atoms with van der Waals surface area (Å²) in [6.07, 6.45) is 1.34. The maximum Gasteiger partial charge on any atom is 0.258 e. The normalized spacial score (nSPS) is 15.6. The molecule has 1 amide bonds. The van der Waals surface area contributed by atoms with E-state index in [2.05, 4.69) is 32.1 Å². The number of nitrogens with zero attached hydrogens (tertiary/aromatic N) is 3. The molecule has 1 aromatic heterocycles. The summed E-state index contributed by atoms with van der Waals surface area (Å²) in [4.78, 5) is 36.0. The first-order valence-corrected chi connectivity index (χ1v) is 9.38. The molecule has 4 rings (SSSR count). The van der Waals surface area contributed by atoms with Crippen LogP contribution in [0, 0.1) is 0 Å². The standard InChI is InChI=1S/C21H23N5O2/c1-25-9-11-26(12-10-25)13-15-5-7-16(8-6-15)20(27)24-18-4-2-3-17-19(18)22-14-23-21(17)28/h2-8,14H,9-13H2,1H3,(H,24,27)(H,22,23,28). The fourth-order valence-corrected chi connectivity index (χ4v) is 3.42. The quantitative estimate of drug-likeness (QED) is 0.726. The number of piperazine rings is 1. The zero-order valence-electron chi connectivity index (χ0n) is 15.8. The highest BCUT2D eigenvalue weighted by molar-refractivity contribution is 6.08. The molecule has 1 aliphatic heterocycles. The molecule has 0 bridgehead atoms. The van der Waals surface area contributed by atoms with E-state index in [4.69, 9.17) is 0 Å². The van der Waals surface area contributed by atoms with Crippen molar-refractivity contribution in [3.63, 3.8) is 0 Å². The minimum atomic E-state index is -0.227. The number of carbonyl (C=O) groups is 1. The number of benzene rings is 2. The Kier molecular flexibility index (Phi) is 5.18. The topological polar surface area (TPSA) is 81.3 Å². The molecular formula is C21H23N5O2. The van der Waals surface area contributed by atoms with E-state index < -0.39 is 0 Å². The molecule has 0 saturated carbocycles. The van der Waals surface area contributed by atoms with Gasteiger partial charge in [0.1, 0.15) is 5.52 Å². The molecule has 0 radical (unpaired) electrons. The molecular weight excluding hydrogens is 354 g/mol. The van der Waals surface area contributed by atoms with Crippen LogP contribution in [0.4, 0.5) is 5.69 Å². The summed E-state index contributed by atoms with van der Waals surface area (Å²) in [6, 6.07) is 12.8. The van der Waals surface area contributed by atoms with Crippen molar-refractivity contribution in [2.75, 3.05) is 38.5 Å². The molecule has 2 aromatic carbocycles. The van der Waals surface area contributed by atoms with Crippen molar-refractivity contribution < 1.29 is 4.79 Å².